The standard InChI is InChI=1S/C25H34N6O2/c1-4-9-31(10-5-2)24-22-23(26-18-21(27-22)20-8-6-7-19(3)17-20)28-25(29-24)33-16-13-30-11-14-32-15-12-30/h6-8,17-18H,4-5,9-16H2,1-3H3. The molecule has 4 rings (SSSR count). The topological polar surface area (TPSA) is 76.5 Å². The average Bonchev–Trinajstić information content (AvgIpc) is 2.84. The first-order chi connectivity index (χ1) is 16.2. The highest BCUT2D eigenvalue weighted by molar-refractivity contribution is 5.85. The number of morpholine rings is 1. The van der Waals surface area contributed by atoms with E-state index in [0.29, 0.717) is 18.3 Å². The lowest BCUT2D eigenvalue weighted by molar-refractivity contribution is 0.0317. The second kappa shape index (κ2) is 11.3. The van der Waals surface area contributed by atoms with Crippen molar-refractivity contribution in [1.29, 1.82) is 0 Å². The Bertz CT molecular complexity index is 1050. The molecule has 0 aliphatic carbocycles. The Morgan fingerprint density at radius 1 is 1.06 bits per heavy atom. The first-order valence-electron chi connectivity index (χ1n) is 12.0. The lowest BCUT2D eigenvalue weighted by atomic mass is 10.1. The molecule has 0 atom stereocenters. The van der Waals surface area contributed by atoms with Crippen molar-refractivity contribution in [2.24, 2.45) is 0 Å². The van der Waals surface area contributed by atoms with Crippen molar-refractivity contribution in [3.8, 4) is 17.3 Å². The van der Waals surface area contributed by atoms with E-state index < -0.39 is 0 Å². The quantitative estimate of drug-likeness (QED) is 0.462. The molecule has 2 aromatic heterocycles. The first kappa shape index (κ1) is 23.3. The predicted octanol–water partition coefficient (Wildman–Crippen LogP) is 3.73. The van der Waals surface area contributed by atoms with Crippen molar-refractivity contribution >= 4 is 17.0 Å². The minimum atomic E-state index is 0.362. The molecule has 1 aliphatic rings. The van der Waals surface area contributed by atoms with Gasteiger partial charge in [0.2, 0.25) is 0 Å². The Morgan fingerprint density at radius 3 is 2.58 bits per heavy atom. The van der Waals surface area contributed by atoms with Gasteiger partial charge in [0.15, 0.2) is 17.0 Å². The summed E-state index contributed by atoms with van der Waals surface area (Å²) < 4.78 is 11.4. The molecule has 0 amide bonds. The van der Waals surface area contributed by atoms with Crippen LogP contribution in [0.2, 0.25) is 0 Å². The maximum absolute atomic E-state index is 6.00. The Labute approximate surface area is 196 Å². The van der Waals surface area contributed by atoms with Crippen LogP contribution in [0.15, 0.2) is 30.5 Å². The third kappa shape index (κ3) is 5.94. The number of hydrogen-bond donors (Lipinski definition) is 0. The number of aryl methyl sites for hydroxylation is 1. The lowest BCUT2D eigenvalue weighted by Gasteiger charge is -2.26. The fourth-order valence-corrected chi connectivity index (χ4v) is 4.06. The zero-order valence-electron chi connectivity index (χ0n) is 20.0. The van der Waals surface area contributed by atoms with Crippen molar-refractivity contribution in [2.75, 3.05) is 57.4 Å². The molecule has 1 fully saturated rings. The highest BCUT2D eigenvalue weighted by atomic mass is 16.5. The fraction of sp³-hybridized carbons (Fsp3) is 0.520. The van der Waals surface area contributed by atoms with Crippen molar-refractivity contribution in [3.63, 3.8) is 0 Å². The van der Waals surface area contributed by atoms with Gasteiger partial charge in [-0.1, -0.05) is 37.6 Å². The highest BCUT2D eigenvalue weighted by Crippen LogP contribution is 2.27. The van der Waals surface area contributed by atoms with E-state index in [2.05, 4.69) is 58.7 Å². The lowest BCUT2D eigenvalue weighted by Crippen LogP contribution is -2.38. The second-order valence-electron chi connectivity index (χ2n) is 8.42. The summed E-state index contributed by atoms with van der Waals surface area (Å²) >= 11 is 0. The van der Waals surface area contributed by atoms with Gasteiger partial charge in [-0.15, -0.1) is 0 Å². The van der Waals surface area contributed by atoms with Gasteiger partial charge < -0.3 is 14.4 Å². The van der Waals surface area contributed by atoms with Crippen molar-refractivity contribution in [3.05, 3.63) is 36.0 Å². The SMILES string of the molecule is CCCN(CCC)c1nc(OCCN2CCOCC2)nc2ncc(-c3cccc(C)c3)nc12. The van der Waals surface area contributed by atoms with Crippen LogP contribution in [0.3, 0.4) is 0 Å². The van der Waals surface area contributed by atoms with Crippen LogP contribution in [0.4, 0.5) is 5.82 Å². The van der Waals surface area contributed by atoms with E-state index in [1.54, 1.807) is 6.20 Å². The summed E-state index contributed by atoms with van der Waals surface area (Å²) in [7, 11) is 0. The summed E-state index contributed by atoms with van der Waals surface area (Å²) in [6.45, 7) is 13.0. The summed E-state index contributed by atoms with van der Waals surface area (Å²) in [6, 6.07) is 8.66. The van der Waals surface area contributed by atoms with Crippen LogP contribution in [0.1, 0.15) is 32.3 Å². The van der Waals surface area contributed by atoms with Gasteiger partial charge >= 0.3 is 6.01 Å². The Balaban J connectivity index is 1.66. The van der Waals surface area contributed by atoms with E-state index >= 15 is 0 Å². The molecule has 176 valence electrons. The molecule has 0 N–H and O–H groups in total. The van der Waals surface area contributed by atoms with Crippen molar-refractivity contribution in [2.45, 2.75) is 33.6 Å². The van der Waals surface area contributed by atoms with E-state index in [0.717, 1.165) is 81.4 Å². The van der Waals surface area contributed by atoms with Crippen LogP contribution < -0.4 is 9.64 Å². The summed E-state index contributed by atoms with van der Waals surface area (Å²) in [5.41, 5.74) is 4.34. The molecule has 1 aliphatic heterocycles. The van der Waals surface area contributed by atoms with Crippen LogP contribution in [0.25, 0.3) is 22.4 Å². The number of ether oxygens (including phenoxy) is 2. The number of aromatic nitrogens is 4. The largest absolute Gasteiger partial charge is 0.462 e. The number of rotatable bonds is 10. The normalized spacial score (nSPS) is 14.5. The number of fused-ring (bicyclic) bond motifs is 1. The van der Waals surface area contributed by atoms with Crippen LogP contribution >= 0.6 is 0 Å². The molecule has 0 saturated carbocycles. The molecule has 33 heavy (non-hydrogen) atoms. The Kier molecular flexibility index (Phi) is 8.01. The molecule has 0 radical (unpaired) electrons. The Hall–Kier alpha value is -2.84. The van der Waals surface area contributed by atoms with E-state index in [1.807, 2.05) is 6.07 Å². The predicted molar refractivity (Wildman–Crippen MR) is 131 cm³/mol. The van der Waals surface area contributed by atoms with Crippen LogP contribution in [0, 0.1) is 6.92 Å². The molecule has 8 heteroatoms. The number of anilines is 1. The second-order valence-corrected chi connectivity index (χ2v) is 8.42. The van der Waals surface area contributed by atoms with Gasteiger partial charge in [-0.3, -0.25) is 4.90 Å². The van der Waals surface area contributed by atoms with Crippen LogP contribution in [-0.4, -0.2) is 77.4 Å². The smallest absolute Gasteiger partial charge is 0.320 e. The minimum Gasteiger partial charge on any atom is -0.462 e. The number of benzene rings is 1. The summed E-state index contributed by atoms with van der Waals surface area (Å²) in [6.07, 6.45) is 3.82. The van der Waals surface area contributed by atoms with E-state index in [1.165, 1.54) is 5.56 Å². The van der Waals surface area contributed by atoms with E-state index in [-0.39, 0.29) is 0 Å². The molecule has 1 saturated heterocycles. The molecule has 3 heterocycles. The molecule has 3 aromatic rings. The molecule has 0 bridgehead atoms. The maximum atomic E-state index is 6.00. The van der Waals surface area contributed by atoms with Gasteiger partial charge in [-0.25, -0.2) is 9.97 Å². The van der Waals surface area contributed by atoms with Gasteiger partial charge in [0.25, 0.3) is 0 Å². The molecular weight excluding hydrogens is 416 g/mol. The van der Waals surface area contributed by atoms with Crippen LogP contribution in [-0.2, 0) is 4.74 Å². The molecule has 8 nitrogen and oxygen atoms in total. The zero-order chi connectivity index (χ0) is 23.0. The van der Waals surface area contributed by atoms with Gasteiger partial charge in [0, 0.05) is 38.3 Å². The molecular formula is C25H34N6O2. The summed E-state index contributed by atoms with van der Waals surface area (Å²) in [5.74, 6) is 0.798. The maximum Gasteiger partial charge on any atom is 0.320 e. The number of hydrogen-bond acceptors (Lipinski definition) is 8. The van der Waals surface area contributed by atoms with Crippen molar-refractivity contribution < 1.29 is 9.47 Å². The summed E-state index contributed by atoms with van der Waals surface area (Å²) in [5, 5.41) is 0. The molecule has 0 spiro atoms. The first-order valence-corrected chi connectivity index (χ1v) is 12.0. The molecule has 1 aromatic carbocycles. The van der Waals surface area contributed by atoms with Crippen molar-refractivity contribution in [1.82, 2.24) is 24.8 Å². The van der Waals surface area contributed by atoms with Gasteiger partial charge in [-0.05, 0) is 25.8 Å². The summed E-state index contributed by atoms with van der Waals surface area (Å²) in [4.78, 5) is 23.6. The van der Waals surface area contributed by atoms with Gasteiger partial charge in [0.05, 0.1) is 25.1 Å². The average molecular weight is 451 g/mol. The van der Waals surface area contributed by atoms with Gasteiger partial charge in [-0.2, -0.15) is 9.97 Å². The van der Waals surface area contributed by atoms with Gasteiger partial charge in [0.1, 0.15) is 6.61 Å². The molecule has 0 unspecified atom stereocenters. The van der Waals surface area contributed by atoms with E-state index in [9.17, 15) is 0 Å². The highest BCUT2D eigenvalue weighted by Gasteiger charge is 2.18. The minimum absolute atomic E-state index is 0.362. The third-order valence-electron chi connectivity index (χ3n) is 5.71. The Morgan fingerprint density at radius 2 is 1.85 bits per heavy atom. The third-order valence-corrected chi connectivity index (χ3v) is 5.71. The van der Waals surface area contributed by atoms with Crippen LogP contribution in [0.5, 0.6) is 6.01 Å². The monoisotopic (exact) mass is 450 g/mol. The zero-order valence-corrected chi connectivity index (χ0v) is 20.0. The fourth-order valence-electron chi connectivity index (χ4n) is 4.06. The van der Waals surface area contributed by atoms with E-state index in [4.69, 9.17) is 19.4 Å². The number of nitrogens with zero attached hydrogens (tertiary/aromatic N) is 6.